The summed E-state index contributed by atoms with van der Waals surface area (Å²) in [5.74, 6) is 0.120. The molecule has 2 aliphatic heterocycles. The molecule has 8 nitrogen and oxygen atoms in total. The third kappa shape index (κ3) is 6.09. The van der Waals surface area contributed by atoms with Gasteiger partial charge in [0.1, 0.15) is 5.82 Å². The minimum absolute atomic E-state index is 0.00369. The first-order valence-corrected chi connectivity index (χ1v) is 11.3. The zero-order valence-corrected chi connectivity index (χ0v) is 19.0. The smallest absolute Gasteiger partial charge is 0.310 e. The van der Waals surface area contributed by atoms with Crippen LogP contribution in [0.4, 0.5) is 5.82 Å². The van der Waals surface area contributed by atoms with Crippen LogP contribution < -0.4 is 4.90 Å². The molecular formula is C22H31ClN4O4. The number of esters is 1. The van der Waals surface area contributed by atoms with Gasteiger partial charge in [-0.15, -0.1) is 0 Å². The van der Waals surface area contributed by atoms with Crippen LogP contribution >= 0.6 is 11.6 Å². The normalized spacial score (nSPS) is 19.8. The largest absolute Gasteiger partial charge is 0.466 e. The van der Waals surface area contributed by atoms with E-state index in [1.54, 1.807) is 25.1 Å². The van der Waals surface area contributed by atoms with Crippen molar-refractivity contribution in [1.82, 2.24) is 14.8 Å². The Balaban J connectivity index is 1.47. The van der Waals surface area contributed by atoms with E-state index < -0.39 is 0 Å². The second-order valence-corrected chi connectivity index (χ2v) is 8.66. The number of likely N-dealkylation sites (tertiary alicyclic amines) is 1. The predicted octanol–water partition coefficient (Wildman–Crippen LogP) is 2.21. The Hall–Kier alpha value is -2.35. The van der Waals surface area contributed by atoms with Gasteiger partial charge in [-0.3, -0.25) is 14.4 Å². The SMILES string of the molecule is CCOC(=O)C1CCCN(C(=O)CN(C)C(=O)C2CCN(c3ccc(Cl)cn3)CC2)C1. The Morgan fingerprint density at radius 1 is 1.16 bits per heavy atom. The molecule has 0 radical (unpaired) electrons. The van der Waals surface area contributed by atoms with Crippen LogP contribution in [0.15, 0.2) is 18.3 Å². The lowest BCUT2D eigenvalue weighted by Gasteiger charge is -2.35. The Morgan fingerprint density at radius 3 is 2.55 bits per heavy atom. The van der Waals surface area contributed by atoms with E-state index in [9.17, 15) is 14.4 Å². The van der Waals surface area contributed by atoms with Crippen LogP contribution in [0.5, 0.6) is 0 Å². The van der Waals surface area contributed by atoms with Crippen molar-refractivity contribution in [2.75, 3.05) is 51.3 Å². The lowest BCUT2D eigenvalue weighted by atomic mass is 9.95. The maximum Gasteiger partial charge on any atom is 0.310 e. The van der Waals surface area contributed by atoms with Crippen LogP contribution in [-0.4, -0.2) is 78.9 Å². The van der Waals surface area contributed by atoms with E-state index >= 15 is 0 Å². The molecule has 0 saturated carbocycles. The number of pyridine rings is 1. The quantitative estimate of drug-likeness (QED) is 0.618. The second kappa shape index (κ2) is 10.8. The number of amides is 2. The van der Waals surface area contributed by atoms with Crippen molar-refractivity contribution in [2.24, 2.45) is 11.8 Å². The number of hydrogen-bond acceptors (Lipinski definition) is 6. The van der Waals surface area contributed by atoms with Gasteiger partial charge >= 0.3 is 5.97 Å². The average molecular weight is 451 g/mol. The number of carbonyl (C=O) groups is 3. The first-order chi connectivity index (χ1) is 14.9. The molecule has 9 heteroatoms. The lowest BCUT2D eigenvalue weighted by Crippen LogP contribution is -2.48. The summed E-state index contributed by atoms with van der Waals surface area (Å²) in [6.45, 7) is 4.61. The van der Waals surface area contributed by atoms with Crippen molar-refractivity contribution in [2.45, 2.75) is 32.6 Å². The van der Waals surface area contributed by atoms with Gasteiger partial charge in [0.15, 0.2) is 0 Å². The molecule has 0 spiro atoms. The standard InChI is InChI=1S/C22H31ClN4O4/c1-3-31-22(30)17-5-4-10-27(14-17)20(28)15-25(2)21(29)16-8-11-26(12-9-16)19-7-6-18(23)13-24-19/h6-7,13,16-17H,3-5,8-12,14-15H2,1-2H3. The van der Waals surface area contributed by atoms with Crippen LogP contribution in [0, 0.1) is 11.8 Å². The molecule has 1 atom stereocenters. The summed E-state index contributed by atoms with van der Waals surface area (Å²) >= 11 is 5.90. The third-order valence-electron chi connectivity index (χ3n) is 6.02. The highest BCUT2D eigenvalue weighted by atomic mass is 35.5. The van der Waals surface area contributed by atoms with Gasteiger partial charge in [-0.25, -0.2) is 4.98 Å². The number of halogens is 1. The summed E-state index contributed by atoms with van der Waals surface area (Å²) in [6.07, 6.45) is 4.57. The van der Waals surface area contributed by atoms with Gasteiger partial charge in [-0.2, -0.15) is 0 Å². The molecule has 0 bridgehead atoms. The molecule has 3 rings (SSSR count). The maximum atomic E-state index is 12.9. The molecule has 3 heterocycles. The number of carbonyl (C=O) groups excluding carboxylic acids is 3. The number of piperidine rings is 2. The van der Waals surface area contributed by atoms with Gasteiger partial charge < -0.3 is 19.4 Å². The number of nitrogens with zero attached hydrogens (tertiary/aromatic N) is 4. The van der Waals surface area contributed by atoms with Gasteiger partial charge in [-0.1, -0.05) is 11.6 Å². The molecule has 2 fully saturated rings. The molecule has 1 aromatic rings. The number of likely N-dealkylation sites (N-methyl/N-ethyl adjacent to an activating group) is 1. The Bertz CT molecular complexity index is 780. The molecule has 2 aliphatic rings. The molecule has 0 N–H and O–H groups in total. The molecule has 31 heavy (non-hydrogen) atoms. The average Bonchev–Trinajstić information content (AvgIpc) is 2.79. The van der Waals surface area contributed by atoms with Crippen molar-refractivity contribution in [3.8, 4) is 0 Å². The zero-order chi connectivity index (χ0) is 22.4. The molecule has 170 valence electrons. The van der Waals surface area contributed by atoms with E-state index in [4.69, 9.17) is 16.3 Å². The van der Waals surface area contributed by atoms with Crippen molar-refractivity contribution in [3.05, 3.63) is 23.4 Å². The van der Waals surface area contributed by atoms with Crippen LogP contribution in [-0.2, 0) is 19.1 Å². The Morgan fingerprint density at radius 2 is 1.90 bits per heavy atom. The van der Waals surface area contributed by atoms with E-state index in [2.05, 4.69) is 9.88 Å². The molecule has 0 aliphatic carbocycles. The van der Waals surface area contributed by atoms with E-state index in [1.165, 1.54) is 4.90 Å². The van der Waals surface area contributed by atoms with Crippen molar-refractivity contribution in [1.29, 1.82) is 0 Å². The van der Waals surface area contributed by atoms with Gasteiger partial charge in [0.2, 0.25) is 11.8 Å². The first kappa shape index (κ1) is 23.3. The van der Waals surface area contributed by atoms with E-state index in [0.29, 0.717) is 24.7 Å². The van der Waals surface area contributed by atoms with Crippen LogP contribution in [0.25, 0.3) is 0 Å². The molecule has 1 aromatic heterocycles. The highest BCUT2D eigenvalue weighted by molar-refractivity contribution is 6.30. The molecule has 1 unspecified atom stereocenters. The summed E-state index contributed by atoms with van der Waals surface area (Å²) in [7, 11) is 1.68. The van der Waals surface area contributed by atoms with Crippen molar-refractivity contribution in [3.63, 3.8) is 0 Å². The molecule has 0 aromatic carbocycles. The molecule has 2 amide bonds. The summed E-state index contributed by atoms with van der Waals surface area (Å²) in [6, 6.07) is 3.70. The van der Waals surface area contributed by atoms with E-state index in [-0.39, 0.29) is 36.2 Å². The summed E-state index contributed by atoms with van der Waals surface area (Å²) in [5.41, 5.74) is 0. The second-order valence-electron chi connectivity index (χ2n) is 8.22. The number of rotatable bonds is 6. The number of hydrogen-bond donors (Lipinski definition) is 0. The molecule has 2 saturated heterocycles. The predicted molar refractivity (Wildman–Crippen MR) is 118 cm³/mol. The fourth-order valence-corrected chi connectivity index (χ4v) is 4.37. The minimum atomic E-state index is -0.274. The summed E-state index contributed by atoms with van der Waals surface area (Å²) in [4.78, 5) is 47.3. The van der Waals surface area contributed by atoms with Crippen LogP contribution in [0.2, 0.25) is 5.02 Å². The fourth-order valence-electron chi connectivity index (χ4n) is 4.26. The van der Waals surface area contributed by atoms with E-state index in [0.717, 1.165) is 44.6 Å². The lowest BCUT2D eigenvalue weighted by molar-refractivity contribution is -0.152. The van der Waals surface area contributed by atoms with Crippen LogP contribution in [0.1, 0.15) is 32.6 Å². The highest BCUT2D eigenvalue weighted by Gasteiger charge is 2.32. The number of anilines is 1. The van der Waals surface area contributed by atoms with Gasteiger partial charge in [-0.05, 0) is 44.7 Å². The van der Waals surface area contributed by atoms with Crippen molar-refractivity contribution >= 4 is 35.2 Å². The summed E-state index contributed by atoms with van der Waals surface area (Å²) < 4.78 is 5.10. The summed E-state index contributed by atoms with van der Waals surface area (Å²) in [5, 5.41) is 0.599. The highest BCUT2D eigenvalue weighted by Crippen LogP contribution is 2.24. The van der Waals surface area contributed by atoms with Crippen molar-refractivity contribution < 1.29 is 19.1 Å². The van der Waals surface area contributed by atoms with Gasteiger partial charge in [0.05, 0.1) is 24.1 Å². The monoisotopic (exact) mass is 450 g/mol. The Kier molecular flexibility index (Phi) is 8.12. The minimum Gasteiger partial charge on any atom is -0.466 e. The number of ether oxygens (including phenoxy) is 1. The van der Waals surface area contributed by atoms with Gasteiger partial charge in [0, 0.05) is 45.3 Å². The number of aromatic nitrogens is 1. The van der Waals surface area contributed by atoms with Crippen LogP contribution in [0.3, 0.4) is 0 Å². The maximum absolute atomic E-state index is 12.9. The first-order valence-electron chi connectivity index (χ1n) is 10.9. The van der Waals surface area contributed by atoms with E-state index in [1.807, 2.05) is 12.1 Å². The fraction of sp³-hybridized carbons (Fsp3) is 0.636. The van der Waals surface area contributed by atoms with Gasteiger partial charge in [0.25, 0.3) is 0 Å². The molecular weight excluding hydrogens is 420 g/mol. The third-order valence-corrected chi connectivity index (χ3v) is 6.25. The zero-order valence-electron chi connectivity index (χ0n) is 18.3. The topological polar surface area (TPSA) is 83.0 Å². The Labute approximate surface area is 188 Å².